The second-order valence-corrected chi connectivity index (χ2v) is 5.82. The SMILES string of the molecule is Cc1cccc(CC(=O)c2cc3ccccc3s2)c1. The summed E-state index contributed by atoms with van der Waals surface area (Å²) in [6.07, 6.45) is 0.481. The van der Waals surface area contributed by atoms with Gasteiger partial charge in [-0.25, -0.2) is 0 Å². The minimum Gasteiger partial charge on any atom is -0.293 e. The Morgan fingerprint density at radius 1 is 1.05 bits per heavy atom. The molecule has 0 N–H and O–H groups in total. The van der Waals surface area contributed by atoms with Crippen molar-refractivity contribution in [3.63, 3.8) is 0 Å². The maximum absolute atomic E-state index is 12.3. The molecule has 0 spiro atoms. The second kappa shape index (κ2) is 4.98. The van der Waals surface area contributed by atoms with Crippen LogP contribution in [-0.2, 0) is 6.42 Å². The monoisotopic (exact) mass is 266 g/mol. The molecule has 0 fully saturated rings. The summed E-state index contributed by atoms with van der Waals surface area (Å²) in [6.45, 7) is 2.05. The topological polar surface area (TPSA) is 17.1 Å². The summed E-state index contributed by atoms with van der Waals surface area (Å²) < 4.78 is 1.18. The van der Waals surface area contributed by atoms with Gasteiger partial charge >= 0.3 is 0 Å². The molecule has 0 saturated carbocycles. The molecule has 0 radical (unpaired) electrons. The molecule has 2 heteroatoms. The number of rotatable bonds is 3. The van der Waals surface area contributed by atoms with Crippen molar-refractivity contribution in [3.8, 4) is 0 Å². The first-order valence-corrected chi connectivity index (χ1v) is 7.11. The van der Waals surface area contributed by atoms with Gasteiger partial charge in [-0.15, -0.1) is 11.3 Å². The Bertz CT molecular complexity index is 707. The van der Waals surface area contributed by atoms with Gasteiger partial charge in [0.15, 0.2) is 5.78 Å². The fraction of sp³-hybridized carbons (Fsp3) is 0.118. The first kappa shape index (κ1) is 12.1. The van der Waals surface area contributed by atoms with Crippen LogP contribution in [0.15, 0.2) is 54.6 Å². The van der Waals surface area contributed by atoms with Crippen molar-refractivity contribution in [3.05, 3.63) is 70.6 Å². The van der Waals surface area contributed by atoms with Crippen molar-refractivity contribution >= 4 is 27.2 Å². The number of ketones is 1. The van der Waals surface area contributed by atoms with E-state index in [9.17, 15) is 4.79 Å². The van der Waals surface area contributed by atoms with E-state index in [4.69, 9.17) is 0 Å². The molecule has 1 heterocycles. The molecule has 0 aliphatic rings. The van der Waals surface area contributed by atoms with Gasteiger partial charge in [0.2, 0.25) is 0 Å². The fourth-order valence-corrected chi connectivity index (χ4v) is 3.21. The lowest BCUT2D eigenvalue weighted by Gasteiger charge is -2.00. The third kappa shape index (κ3) is 2.59. The van der Waals surface area contributed by atoms with E-state index in [1.54, 1.807) is 11.3 Å². The third-order valence-corrected chi connectivity index (χ3v) is 4.30. The predicted octanol–water partition coefficient (Wildman–Crippen LogP) is 4.64. The van der Waals surface area contributed by atoms with Gasteiger partial charge in [-0.2, -0.15) is 0 Å². The lowest BCUT2D eigenvalue weighted by atomic mass is 10.1. The fourth-order valence-electron chi connectivity index (χ4n) is 2.21. The average Bonchev–Trinajstić information content (AvgIpc) is 2.82. The zero-order valence-electron chi connectivity index (χ0n) is 10.7. The highest BCUT2D eigenvalue weighted by molar-refractivity contribution is 7.20. The quantitative estimate of drug-likeness (QED) is 0.631. The summed E-state index contributed by atoms with van der Waals surface area (Å²) >= 11 is 1.58. The highest BCUT2D eigenvalue weighted by Gasteiger charge is 2.10. The Morgan fingerprint density at radius 2 is 1.89 bits per heavy atom. The van der Waals surface area contributed by atoms with Gasteiger partial charge < -0.3 is 0 Å². The molecule has 0 amide bonds. The predicted molar refractivity (Wildman–Crippen MR) is 81.0 cm³/mol. The highest BCUT2D eigenvalue weighted by atomic mass is 32.1. The number of thiophene rings is 1. The van der Waals surface area contributed by atoms with E-state index < -0.39 is 0 Å². The minimum absolute atomic E-state index is 0.201. The molecule has 3 rings (SSSR count). The summed E-state index contributed by atoms with van der Waals surface area (Å²) in [6, 6.07) is 18.3. The first-order chi connectivity index (χ1) is 9.22. The molecule has 19 heavy (non-hydrogen) atoms. The van der Waals surface area contributed by atoms with E-state index >= 15 is 0 Å². The van der Waals surface area contributed by atoms with E-state index in [0.717, 1.165) is 15.8 Å². The molecule has 94 valence electrons. The highest BCUT2D eigenvalue weighted by Crippen LogP contribution is 2.26. The van der Waals surface area contributed by atoms with Crippen LogP contribution in [0.4, 0.5) is 0 Å². The van der Waals surface area contributed by atoms with Crippen LogP contribution in [0.25, 0.3) is 10.1 Å². The van der Waals surface area contributed by atoms with Crippen LogP contribution >= 0.6 is 11.3 Å². The Morgan fingerprint density at radius 3 is 2.68 bits per heavy atom. The number of benzene rings is 2. The van der Waals surface area contributed by atoms with Crippen molar-refractivity contribution < 1.29 is 4.79 Å². The molecule has 0 atom stereocenters. The van der Waals surface area contributed by atoms with E-state index in [1.807, 2.05) is 43.3 Å². The molecule has 2 aromatic carbocycles. The molecule has 1 nitrogen and oxygen atoms in total. The molecular formula is C17H14OS. The van der Waals surface area contributed by atoms with Gasteiger partial charge in [-0.1, -0.05) is 48.0 Å². The number of carbonyl (C=O) groups is 1. The number of hydrogen-bond acceptors (Lipinski definition) is 2. The molecular weight excluding hydrogens is 252 g/mol. The molecule has 0 aliphatic carbocycles. The smallest absolute Gasteiger partial charge is 0.177 e. The molecule has 1 aromatic heterocycles. The lowest BCUT2D eigenvalue weighted by molar-refractivity contribution is 0.0997. The van der Waals surface area contributed by atoms with Gasteiger partial charge in [0.1, 0.15) is 0 Å². The largest absolute Gasteiger partial charge is 0.293 e. The van der Waals surface area contributed by atoms with Gasteiger partial charge in [0.05, 0.1) is 4.88 Å². The normalized spacial score (nSPS) is 10.8. The molecule has 0 unspecified atom stereocenters. The molecule has 3 aromatic rings. The van der Waals surface area contributed by atoms with E-state index in [2.05, 4.69) is 18.2 Å². The summed E-state index contributed by atoms with van der Waals surface area (Å²) in [4.78, 5) is 13.2. The summed E-state index contributed by atoms with van der Waals surface area (Å²) in [5.74, 6) is 0.201. The molecule has 0 bridgehead atoms. The van der Waals surface area contributed by atoms with Crippen LogP contribution in [-0.4, -0.2) is 5.78 Å². The second-order valence-electron chi connectivity index (χ2n) is 4.74. The van der Waals surface area contributed by atoms with Crippen LogP contribution in [0.3, 0.4) is 0 Å². The van der Waals surface area contributed by atoms with Crippen LogP contribution in [0, 0.1) is 6.92 Å². The zero-order chi connectivity index (χ0) is 13.2. The third-order valence-electron chi connectivity index (χ3n) is 3.15. The zero-order valence-corrected chi connectivity index (χ0v) is 11.5. The number of Topliss-reactive ketones (excluding diaryl/α,β-unsaturated/α-hetero) is 1. The van der Waals surface area contributed by atoms with Crippen LogP contribution in [0.5, 0.6) is 0 Å². The number of aryl methyl sites for hydroxylation is 1. The van der Waals surface area contributed by atoms with Crippen molar-refractivity contribution in [1.82, 2.24) is 0 Å². The lowest BCUT2D eigenvalue weighted by Crippen LogP contribution is -2.01. The van der Waals surface area contributed by atoms with Gasteiger partial charge in [0.25, 0.3) is 0 Å². The standard InChI is InChI=1S/C17H14OS/c1-12-5-4-6-13(9-12)10-15(18)17-11-14-7-2-3-8-16(14)19-17/h2-9,11H,10H2,1H3. The summed E-state index contributed by atoms with van der Waals surface area (Å²) in [5.41, 5.74) is 2.28. The Hall–Kier alpha value is -1.93. The van der Waals surface area contributed by atoms with Crippen molar-refractivity contribution in [2.75, 3.05) is 0 Å². The number of fused-ring (bicyclic) bond motifs is 1. The number of hydrogen-bond donors (Lipinski definition) is 0. The average molecular weight is 266 g/mol. The van der Waals surface area contributed by atoms with Gasteiger partial charge in [-0.3, -0.25) is 4.79 Å². The Kier molecular flexibility index (Phi) is 3.18. The van der Waals surface area contributed by atoms with Crippen LogP contribution < -0.4 is 0 Å². The summed E-state index contributed by atoms with van der Waals surface area (Å²) in [5, 5.41) is 1.15. The van der Waals surface area contributed by atoms with Crippen molar-refractivity contribution in [1.29, 1.82) is 0 Å². The maximum Gasteiger partial charge on any atom is 0.177 e. The van der Waals surface area contributed by atoms with Gasteiger partial charge in [0, 0.05) is 11.1 Å². The van der Waals surface area contributed by atoms with E-state index in [0.29, 0.717) is 6.42 Å². The van der Waals surface area contributed by atoms with Gasteiger partial charge in [-0.05, 0) is 30.0 Å². The first-order valence-electron chi connectivity index (χ1n) is 6.30. The minimum atomic E-state index is 0.201. The van der Waals surface area contributed by atoms with E-state index in [1.165, 1.54) is 10.3 Å². The Balaban J connectivity index is 1.87. The summed E-state index contributed by atoms with van der Waals surface area (Å²) in [7, 11) is 0. The molecule has 0 aliphatic heterocycles. The maximum atomic E-state index is 12.3. The Labute approximate surface area is 116 Å². The number of carbonyl (C=O) groups excluding carboxylic acids is 1. The molecule has 0 saturated heterocycles. The van der Waals surface area contributed by atoms with Crippen LogP contribution in [0.1, 0.15) is 20.8 Å². The van der Waals surface area contributed by atoms with Crippen LogP contribution in [0.2, 0.25) is 0 Å². The van der Waals surface area contributed by atoms with E-state index in [-0.39, 0.29) is 5.78 Å². The van der Waals surface area contributed by atoms with Crippen molar-refractivity contribution in [2.45, 2.75) is 13.3 Å². The van der Waals surface area contributed by atoms with Crippen molar-refractivity contribution in [2.24, 2.45) is 0 Å².